The topological polar surface area (TPSA) is 51.2 Å². The van der Waals surface area contributed by atoms with Gasteiger partial charge in [-0.2, -0.15) is 0 Å². The Hall–Kier alpha value is -3.33. The summed E-state index contributed by atoms with van der Waals surface area (Å²) in [6, 6.07) is 18.8. The first kappa shape index (κ1) is 37.9. The maximum absolute atomic E-state index is 14.5. The largest absolute Gasteiger partial charge is 0.299 e. The van der Waals surface area contributed by atoms with Crippen LogP contribution in [0.1, 0.15) is 122 Å². The number of allylic oxidation sites excluding steroid dienone is 3. The number of aryl methyl sites for hydroxylation is 1. The standard InChI is InChI=1S/C47H62O3/c1-10-17-34(31(3)41(48)25-24-30(2)26-38-36-22-15-14-21-35(36)28-42(38)49)27-43(50)44-37(29-40-45(44)47(40,8)9)32(4)39(46(5,6)7)23-16-20-33-18-12-11-13-19-33/h11-15,18-19,21-22,34,37-40,44-45H,2-4,10,16-17,20,23-29H2,1,5-9H3/t34?,37?,38-,39?,40?,44+,45?/m0/s1. The van der Waals surface area contributed by atoms with Gasteiger partial charge in [0.15, 0.2) is 5.78 Å². The van der Waals surface area contributed by atoms with E-state index in [0.717, 1.165) is 55.2 Å². The molecule has 0 bridgehead atoms. The summed E-state index contributed by atoms with van der Waals surface area (Å²) in [6.45, 7) is 27.1. The van der Waals surface area contributed by atoms with Gasteiger partial charge in [-0.25, -0.2) is 0 Å². The molecule has 50 heavy (non-hydrogen) atoms. The Bertz CT molecular complexity index is 1600. The molecule has 0 aromatic heterocycles. The Kier molecular flexibility index (Phi) is 11.8. The van der Waals surface area contributed by atoms with E-state index in [-0.39, 0.29) is 46.1 Å². The first-order valence-corrected chi connectivity index (χ1v) is 19.4. The van der Waals surface area contributed by atoms with Crippen LogP contribution in [0, 0.1) is 46.3 Å². The molecule has 2 aromatic carbocycles. The van der Waals surface area contributed by atoms with E-state index in [1.165, 1.54) is 11.1 Å². The van der Waals surface area contributed by atoms with Gasteiger partial charge in [0, 0.05) is 31.1 Å². The van der Waals surface area contributed by atoms with Crippen molar-refractivity contribution in [2.75, 3.05) is 0 Å². The third kappa shape index (κ3) is 8.24. The highest BCUT2D eigenvalue weighted by Gasteiger charge is 2.68. The van der Waals surface area contributed by atoms with Crippen molar-refractivity contribution in [1.82, 2.24) is 0 Å². The van der Waals surface area contributed by atoms with Crippen LogP contribution in [0.5, 0.6) is 0 Å². The summed E-state index contributed by atoms with van der Waals surface area (Å²) in [6.07, 6.45) is 8.27. The van der Waals surface area contributed by atoms with Crippen LogP contribution in [0.2, 0.25) is 0 Å². The average Bonchev–Trinajstić information content (AvgIpc) is 3.35. The van der Waals surface area contributed by atoms with Crippen LogP contribution in [0.25, 0.3) is 0 Å². The van der Waals surface area contributed by atoms with Crippen LogP contribution in [-0.4, -0.2) is 17.3 Å². The Labute approximate surface area is 303 Å². The first-order chi connectivity index (χ1) is 23.6. The van der Waals surface area contributed by atoms with Gasteiger partial charge in [0.25, 0.3) is 0 Å². The zero-order valence-electron chi connectivity index (χ0n) is 31.9. The van der Waals surface area contributed by atoms with Crippen molar-refractivity contribution in [1.29, 1.82) is 0 Å². The molecule has 5 rings (SSSR count). The molecule has 2 saturated carbocycles. The summed E-state index contributed by atoms with van der Waals surface area (Å²) in [4.78, 5) is 40.8. The lowest BCUT2D eigenvalue weighted by Crippen LogP contribution is -2.33. The SMILES string of the molecule is C=C(CCC(=O)C(=C)C(CCC)CC(=O)[C@H]1C(C(=C)C(CCCc2ccccc2)C(C)(C)C)CC2C1C2(C)C)C[C@@H]1C(=O)Cc2ccccc21. The second kappa shape index (κ2) is 15.5. The summed E-state index contributed by atoms with van der Waals surface area (Å²) in [5, 5.41) is 0. The number of carbonyl (C=O) groups excluding carboxylic acids is 3. The van der Waals surface area contributed by atoms with E-state index in [4.69, 9.17) is 6.58 Å². The van der Waals surface area contributed by atoms with Crippen molar-refractivity contribution >= 4 is 17.3 Å². The highest BCUT2D eigenvalue weighted by Crippen LogP contribution is 2.72. The molecule has 268 valence electrons. The van der Waals surface area contributed by atoms with Crippen molar-refractivity contribution in [3.8, 4) is 0 Å². The fourth-order valence-corrected chi connectivity index (χ4v) is 9.95. The molecular formula is C47H62O3. The normalized spacial score (nSPS) is 24.6. The maximum Gasteiger partial charge on any atom is 0.158 e. The summed E-state index contributed by atoms with van der Waals surface area (Å²) in [5.41, 5.74) is 6.61. The molecule has 3 aliphatic carbocycles. The highest BCUT2D eigenvalue weighted by atomic mass is 16.1. The highest BCUT2D eigenvalue weighted by molar-refractivity contribution is 5.96. The van der Waals surface area contributed by atoms with E-state index in [0.29, 0.717) is 61.2 Å². The number of benzene rings is 2. The molecule has 2 fully saturated rings. The van der Waals surface area contributed by atoms with E-state index in [1.54, 1.807) is 0 Å². The van der Waals surface area contributed by atoms with Crippen molar-refractivity contribution in [3.05, 3.63) is 108 Å². The second-order valence-corrected chi connectivity index (χ2v) is 17.6. The van der Waals surface area contributed by atoms with Crippen LogP contribution >= 0.6 is 0 Å². The molecule has 0 N–H and O–H groups in total. The van der Waals surface area contributed by atoms with Gasteiger partial charge in [0.2, 0.25) is 0 Å². The van der Waals surface area contributed by atoms with Crippen LogP contribution in [-0.2, 0) is 27.2 Å². The van der Waals surface area contributed by atoms with Gasteiger partial charge in [-0.3, -0.25) is 14.4 Å². The molecule has 0 saturated heterocycles. The fraction of sp³-hybridized carbons (Fsp3) is 0.553. The molecule has 3 heteroatoms. The van der Waals surface area contributed by atoms with Gasteiger partial charge in [-0.1, -0.05) is 133 Å². The molecule has 0 amide bonds. The fourth-order valence-electron chi connectivity index (χ4n) is 9.95. The second-order valence-electron chi connectivity index (χ2n) is 17.6. The van der Waals surface area contributed by atoms with E-state index in [1.807, 2.05) is 24.3 Å². The summed E-state index contributed by atoms with van der Waals surface area (Å²) < 4.78 is 0. The number of hydrogen-bond acceptors (Lipinski definition) is 3. The molecular weight excluding hydrogens is 613 g/mol. The monoisotopic (exact) mass is 674 g/mol. The van der Waals surface area contributed by atoms with E-state index < -0.39 is 0 Å². The zero-order chi connectivity index (χ0) is 36.4. The smallest absolute Gasteiger partial charge is 0.158 e. The first-order valence-electron chi connectivity index (χ1n) is 19.4. The lowest BCUT2D eigenvalue weighted by atomic mass is 9.66. The van der Waals surface area contributed by atoms with Crippen LogP contribution in [0.15, 0.2) is 91.1 Å². The van der Waals surface area contributed by atoms with Crippen LogP contribution in [0.3, 0.4) is 0 Å². The van der Waals surface area contributed by atoms with Crippen molar-refractivity contribution in [2.45, 2.75) is 118 Å². The predicted octanol–water partition coefficient (Wildman–Crippen LogP) is 11.3. The van der Waals surface area contributed by atoms with Crippen LogP contribution in [0.4, 0.5) is 0 Å². The van der Waals surface area contributed by atoms with E-state index in [9.17, 15) is 14.4 Å². The molecule has 0 spiro atoms. The quantitative estimate of drug-likeness (QED) is 0.117. The molecule has 0 heterocycles. The number of ketones is 3. The van der Waals surface area contributed by atoms with Gasteiger partial charge >= 0.3 is 0 Å². The Morgan fingerprint density at radius 3 is 2.30 bits per heavy atom. The Morgan fingerprint density at radius 2 is 1.62 bits per heavy atom. The third-order valence-electron chi connectivity index (χ3n) is 12.9. The Balaban J connectivity index is 1.22. The van der Waals surface area contributed by atoms with Gasteiger partial charge in [-0.15, -0.1) is 0 Å². The number of hydrogen-bond donors (Lipinski definition) is 0. The summed E-state index contributed by atoms with van der Waals surface area (Å²) in [5.74, 6) is 1.72. The lowest BCUT2D eigenvalue weighted by Gasteiger charge is -2.38. The van der Waals surface area contributed by atoms with Gasteiger partial charge in [0.05, 0.1) is 0 Å². The van der Waals surface area contributed by atoms with Gasteiger partial charge in [0.1, 0.15) is 11.6 Å². The molecule has 7 atom stereocenters. The molecule has 0 radical (unpaired) electrons. The lowest BCUT2D eigenvalue weighted by molar-refractivity contribution is -0.125. The number of carbonyl (C=O) groups is 3. The minimum atomic E-state index is -0.159. The number of rotatable bonds is 18. The molecule has 0 aliphatic heterocycles. The van der Waals surface area contributed by atoms with Crippen molar-refractivity contribution in [3.63, 3.8) is 0 Å². The predicted molar refractivity (Wildman–Crippen MR) is 207 cm³/mol. The van der Waals surface area contributed by atoms with Gasteiger partial charge in [-0.05, 0) is 108 Å². The number of fused-ring (bicyclic) bond motifs is 2. The van der Waals surface area contributed by atoms with E-state index in [2.05, 4.69) is 85.0 Å². The molecule has 3 aliphatic rings. The third-order valence-corrected chi connectivity index (χ3v) is 12.9. The minimum Gasteiger partial charge on any atom is -0.299 e. The van der Waals surface area contributed by atoms with Crippen molar-refractivity contribution in [2.24, 2.45) is 46.3 Å². The molecule has 3 nitrogen and oxygen atoms in total. The summed E-state index contributed by atoms with van der Waals surface area (Å²) in [7, 11) is 0. The zero-order valence-corrected chi connectivity index (χ0v) is 31.9. The van der Waals surface area contributed by atoms with Crippen molar-refractivity contribution < 1.29 is 14.4 Å². The molecule has 2 aromatic rings. The Morgan fingerprint density at radius 1 is 0.940 bits per heavy atom. The van der Waals surface area contributed by atoms with Gasteiger partial charge < -0.3 is 0 Å². The van der Waals surface area contributed by atoms with Crippen LogP contribution < -0.4 is 0 Å². The van der Waals surface area contributed by atoms with E-state index >= 15 is 0 Å². The number of Topliss-reactive ketones (excluding diaryl/α,β-unsaturated/α-hetero) is 3. The molecule has 5 unspecified atom stereocenters. The maximum atomic E-state index is 14.5. The average molecular weight is 675 g/mol. The summed E-state index contributed by atoms with van der Waals surface area (Å²) >= 11 is 0. The minimum absolute atomic E-state index is 0.0266.